The maximum absolute atomic E-state index is 12.5. The van der Waals surface area contributed by atoms with E-state index in [0.717, 1.165) is 16.2 Å². The van der Waals surface area contributed by atoms with E-state index in [4.69, 9.17) is 34.8 Å². The Labute approximate surface area is 186 Å². The van der Waals surface area contributed by atoms with Crippen molar-refractivity contribution in [3.8, 4) is 11.4 Å². The molecule has 0 unspecified atom stereocenters. The number of hydrogen-bond acceptors (Lipinski definition) is 5. The van der Waals surface area contributed by atoms with Crippen molar-refractivity contribution >= 4 is 61.1 Å². The molecule has 0 aliphatic carbocycles. The lowest BCUT2D eigenvalue weighted by Gasteiger charge is -2.08. The minimum atomic E-state index is -3.78. The van der Waals surface area contributed by atoms with Gasteiger partial charge in [-0.3, -0.25) is 0 Å². The van der Waals surface area contributed by atoms with Crippen LogP contribution >= 0.6 is 46.1 Å². The molecule has 2 aromatic heterocycles. The Kier molecular flexibility index (Phi) is 5.83. The summed E-state index contributed by atoms with van der Waals surface area (Å²) in [6, 6.07) is 11.6. The van der Waals surface area contributed by atoms with Crippen LogP contribution in [0.3, 0.4) is 0 Å². The summed E-state index contributed by atoms with van der Waals surface area (Å²) in [7, 11) is -3.78. The van der Waals surface area contributed by atoms with Crippen LogP contribution in [-0.2, 0) is 16.4 Å². The summed E-state index contributed by atoms with van der Waals surface area (Å²) in [5.74, 6) is 0.584. The molecule has 150 valence electrons. The van der Waals surface area contributed by atoms with Crippen molar-refractivity contribution in [3.05, 3.63) is 68.6 Å². The summed E-state index contributed by atoms with van der Waals surface area (Å²) >= 11 is 19.3. The van der Waals surface area contributed by atoms with Gasteiger partial charge in [-0.15, -0.1) is 16.4 Å². The number of hydrogen-bond donors (Lipinski definition) is 1. The highest BCUT2D eigenvalue weighted by Crippen LogP contribution is 2.25. The number of thiazole rings is 1. The molecule has 2 heterocycles. The van der Waals surface area contributed by atoms with Gasteiger partial charge in [0.2, 0.25) is 15.0 Å². The number of benzene rings is 2. The van der Waals surface area contributed by atoms with E-state index in [1.54, 1.807) is 16.6 Å². The van der Waals surface area contributed by atoms with Crippen LogP contribution in [0.2, 0.25) is 15.1 Å². The van der Waals surface area contributed by atoms with Crippen molar-refractivity contribution in [2.24, 2.45) is 0 Å². The molecule has 0 saturated carbocycles. The summed E-state index contributed by atoms with van der Waals surface area (Å²) in [6.07, 6.45) is 0.431. The van der Waals surface area contributed by atoms with Crippen molar-refractivity contribution in [1.29, 1.82) is 0 Å². The lowest BCUT2D eigenvalue weighted by Crippen LogP contribution is -2.26. The third-order valence-electron chi connectivity index (χ3n) is 4.11. The molecule has 0 radical (unpaired) electrons. The minimum Gasteiger partial charge on any atom is -0.211 e. The van der Waals surface area contributed by atoms with Crippen LogP contribution < -0.4 is 4.72 Å². The molecule has 0 amide bonds. The number of halogens is 3. The van der Waals surface area contributed by atoms with E-state index in [-0.39, 0.29) is 16.5 Å². The van der Waals surface area contributed by atoms with Gasteiger partial charge in [-0.2, -0.15) is 4.98 Å². The molecule has 6 nitrogen and oxygen atoms in total. The molecule has 0 atom stereocenters. The van der Waals surface area contributed by atoms with E-state index >= 15 is 0 Å². The second kappa shape index (κ2) is 8.22. The van der Waals surface area contributed by atoms with Gasteiger partial charge >= 0.3 is 0 Å². The Balaban J connectivity index is 1.50. The second-order valence-electron chi connectivity index (χ2n) is 6.09. The number of aromatic nitrogens is 3. The first-order valence-electron chi connectivity index (χ1n) is 8.37. The van der Waals surface area contributed by atoms with E-state index in [1.165, 1.54) is 29.5 Å². The average molecular weight is 488 g/mol. The standard InChI is InChI=1S/C18H13Cl3N4O2S2/c19-12-3-1-11(2-4-12)17-23-18-25(24-17)14(10-28-18)7-8-22-29(26,27)16-9-13(20)5-6-15(16)21/h1-6,9-10,22H,7-8H2. The monoisotopic (exact) mass is 486 g/mol. The maximum Gasteiger partial charge on any atom is 0.242 e. The van der Waals surface area contributed by atoms with Gasteiger partial charge in [0.05, 0.1) is 10.7 Å². The van der Waals surface area contributed by atoms with Crippen LogP contribution in [0.15, 0.2) is 52.7 Å². The van der Waals surface area contributed by atoms with E-state index in [0.29, 0.717) is 22.3 Å². The van der Waals surface area contributed by atoms with Gasteiger partial charge in [0.15, 0.2) is 5.82 Å². The number of nitrogens with one attached hydrogen (secondary N) is 1. The Morgan fingerprint density at radius 3 is 2.52 bits per heavy atom. The molecular formula is C18H13Cl3N4O2S2. The Hall–Kier alpha value is -1.68. The highest BCUT2D eigenvalue weighted by atomic mass is 35.5. The lowest BCUT2D eigenvalue weighted by molar-refractivity contribution is 0.581. The molecule has 0 bridgehead atoms. The molecule has 4 rings (SSSR count). The lowest BCUT2D eigenvalue weighted by atomic mass is 10.2. The first-order chi connectivity index (χ1) is 13.8. The summed E-state index contributed by atoms with van der Waals surface area (Å²) in [5, 5.41) is 7.49. The highest BCUT2D eigenvalue weighted by Gasteiger charge is 2.19. The molecular weight excluding hydrogens is 475 g/mol. The molecule has 0 saturated heterocycles. The zero-order chi connectivity index (χ0) is 20.6. The number of rotatable bonds is 6. The van der Waals surface area contributed by atoms with Gasteiger partial charge in [-0.25, -0.2) is 17.7 Å². The van der Waals surface area contributed by atoms with Gasteiger partial charge < -0.3 is 0 Å². The fraction of sp³-hybridized carbons (Fsp3) is 0.111. The number of nitrogens with zero attached hydrogens (tertiary/aromatic N) is 3. The van der Waals surface area contributed by atoms with Crippen LogP contribution in [0.5, 0.6) is 0 Å². The van der Waals surface area contributed by atoms with Crippen LogP contribution in [0, 0.1) is 0 Å². The number of fused-ring (bicyclic) bond motifs is 1. The molecule has 29 heavy (non-hydrogen) atoms. The van der Waals surface area contributed by atoms with Crippen LogP contribution in [0.1, 0.15) is 5.69 Å². The zero-order valence-electron chi connectivity index (χ0n) is 14.6. The van der Waals surface area contributed by atoms with E-state index in [9.17, 15) is 8.42 Å². The smallest absolute Gasteiger partial charge is 0.211 e. The highest BCUT2D eigenvalue weighted by molar-refractivity contribution is 7.89. The fourth-order valence-electron chi connectivity index (χ4n) is 2.69. The van der Waals surface area contributed by atoms with Crippen molar-refractivity contribution in [2.75, 3.05) is 6.54 Å². The minimum absolute atomic E-state index is 0.0482. The molecule has 0 fully saturated rings. The van der Waals surface area contributed by atoms with Gasteiger partial charge in [-0.1, -0.05) is 34.8 Å². The first-order valence-corrected chi connectivity index (χ1v) is 11.9. The molecule has 4 aromatic rings. The second-order valence-corrected chi connectivity index (χ2v) is 9.94. The fourth-order valence-corrected chi connectivity index (χ4v) is 5.47. The van der Waals surface area contributed by atoms with E-state index in [2.05, 4.69) is 14.8 Å². The maximum atomic E-state index is 12.5. The van der Waals surface area contributed by atoms with Gasteiger partial charge in [0.1, 0.15) is 4.90 Å². The van der Waals surface area contributed by atoms with Crippen LogP contribution in [0.25, 0.3) is 16.3 Å². The van der Waals surface area contributed by atoms with E-state index < -0.39 is 10.0 Å². The van der Waals surface area contributed by atoms with Crippen molar-refractivity contribution in [3.63, 3.8) is 0 Å². The zero-order valence-corrected chi connectivity index (χ0v) is 18.5. The van der Waals surface area contributed by atoms with Crippen molar-refractivity contribution in [1.82, 2.24) is 19.3 Å². The third kappa shape index (κ3) is 4.42. The normalized spacial score (nSPS) is 12.0. The van der Waals surface area contributed by atoms with Gasteiger partial charge in [-0.05, 0) is 42.5 Å². The first kappa shape index (κ1) is 20.6. The Morgan fingerprint density at radius 2 is 1.76 bits per heavy atom. The van der Waals surface area contributed by atoms with Gasteiger partial charge in [0.25, 0.3) is 0 Å². The average Bonchev–Trinajstić information content (AvgIpc) is 3.26. The topological polar surface area (TPSA) is 76.4 Å². The molecule has 0 aliphatic rings. The number of sulfonamides is 1. The molecule has 1 N–H and O–H groups in total. The summed E-state index contributed by atoms with van der Waals surface area (Å²) in [4.78, 5) is 5.19. The summed E-state index contributed by atoms with van der Waals surface area (Å²) < 4.78 is 29.3. The SMILES string of the molecule is O=S(=O)(NCCc1csc2nc(-c3ccc(Cl)cc3)nn12)c1cc(Cl)ccc1Cl. The summed E-state index contributed by atoms with van der Waals surface area (Å²) in [5.41, 5.74) is 1.70. The summed E-state index contributed by atoms with van der Waals surface area (Å²) in [6.45, 7) is 0.174. The predicted octanol–water partition coefficient (Wildman–Crippen LogP) is 4.94. The molecule has 11 heteroatoms. The molecule has 0 spiro atoms. The predicted molar refractivity (Wildman–Crippen MR) is 117 cm³/mol. The van der Waals surface area contributed by atoms with Crippen LogP contribution in [0.4, 0.5) is 0 Å². The van der Waals surface area contributed by atoms with E-state index in [1.807, 2.05) is 17.5 Å². The van der Waals surface area contributed by atoms with Crippen LogP contribution in [-0.4, -0.2) is 29.6 Å². The van der Waals surface area contributed by atoms with Crippen molar-refractivity contribution in [2.45, 2.75) is 11.3 Å². The van der Waals surface area contributed by atoms with Gasteiger partial charge in [0, 0.05) is 34.0 Å². The molecule has 2 aromatic carbocycles. The van der Waals surface area contributed by atoms with Crippen molar-refractivity contribution < 1.29 is 8.42 Å². The Morgan fingerprint density at radius 1 is 1.03 bits per heavy atom. The quantitative estimate of drug-likeness (QED) is 0.418. The Bertz CT molecular complexity index is 1280. The molecule has 0 aliphatic heterocycles. The largest absolute Gasteiger partial charge is 0.242 e. The third-order valence-corrected chi connectivity index (χ3v) is 7.40.